The number of amides is 3. The lowest BCUT2D eigenvalue weighted by Crippen LogP contribution is -2.58. The molecule has 8 atom stereocenters. The summed E-state index contributed by atoms with van der Waals surface area (Å²) in [7, 11) is 0. The Bertz CT molecular complexity index is 1480. The van der Waals surface area contributed by atoms with Gasteiger partial charge in [-0.05, 0) is 38.8 Å². The summed E-state index contributed by atoms with van der Waals surface area (Å²) in [5.41, 5.74) is 0.0537. The van der Waals surface area contributed by atoms with Crippen LogP contribution in [0.3, 0.4) is 0 Å². The number of para-hydroxylation sites is 1. The molecular weight excluding hydrogens is 648 g/mol. The molecule has 3 saturated heterocycles. The number of allylic oxidation sites excluding steroid dienone is 1. The van der Waals surface area contributed by atoms with Gasteiger partial charge in [0, 0.05) is 17.8 Å². The Hall–Kier alpha value is -3.62. The summed E-state index contributed by atoms with van der Waals surface area (Å²) in [6.45, 7) is 10.6. The standard InChI is InChI=1S/C31H39BrN6O7/c1-5-7-12-23(40)33-15-19(4)44-30(43)24-25-28(41)38(18(3)16-39)27(31(25)14-20(32)26(24)45-31)29(42)36(13-6-2)17-37-22-11-9-8-10-21(22)34-35-37/h5-6,8-11,18-20,24-27,39H,1-2,7,12-17H2,3-4H3,(H,33,40)/t18-,19+,20?,24-,25+,26-,27-,31+/m1/s1. The quantitative estimate of drug-likeness (QED) is 0.171. The van der Waals surface area contributed by atoms with Crippen molar-refractivity contribution in [2.75, 3.05) is 19.7 Å². The monoisotopic (exact) mass is 686 g/mol. The van der Waals surface area contributed by atoms with Crippen LogP contribution < -0.4 is 5.32 Å². The first-order valence-electron chi connectivity index (χ1n) is 15.1. The fourth-order valence-corrected chi connectivity index (χ4v) is 7.75. The van der Waals surface area contributed by atoms with Crippen molar-refractivity contribution in [3.05, 3.63) is 49.6 Å². The average molecular weight is 688 g/mol. The molecule has 3 amide bonds. The fourth-order valence-electron chi connectivity index (χ4n) is 6.81. The summed E-state index contributed by atoms with van der Waals surface area (Å²) < 4.78 is 13.9. The SMILES string of the molecule is C=CCCC(=O)NC[C@H](C)OC(=O)[C@H]1[C@@H]2O[C@@]3(CC2Br)[C@@H]1C(=O)N([C@H](C)CO)[C@@H]3C(=O)N(CC=C)Cn1nnc2ccccc21. The van der Waals surface area contributed by atoms with E-state index in [-0.39, 0.29) is 36.9 Å². The number of esters is 1. The highest BCUT2D eigenvalue weighted by Gasteiger charge is 2.77. The molecular formula is C31H39BrN6O7. The number of nitrogens with one attached hydrogen (secondary N) is 1. The van der Waals surface area contributed by atoms with Crippen molar-refractivity contribution in [3.63, 3.8) is 0 Å². The Morgan fingerprint density at radius 2 is 2.04 bits per heavy atom. The van der Waals surface area contributed by atoms with E-state index in [1.807, 2.05) is 24.3 Å². The fraction of sp³-hybridized carbons (Fsp3) is 0.548. The van der Waals surface area contributed by atoms with E-state index in [1.165, 1.54) is 9.80 Å². The van der Waals surface area contributed by atoms with Crippen LogP contribution in [0.4, 0.5) is 0 Å². The minimum absolute atomic E-state index is 0.0286. The second-order valence-electron chi connectivity index (χ2n) is 11.9. The molecule has 3 fully saturated rings. The predicted octanol–water partition coefficient (Wildman–Crippen LogP) is 1.55. The van der Waals surface area contributed by atoms with Crippen LogP contribution in [0.5, 0.6) is 0 Å². The number of fused-ring (bicyclic) bond motifs is 2. The van der Waals surface area contributed by atoms with Crippen LogP contribution in [-0.4, -0.2) is 108 Å². The second-order valence-corrected chi connectivity index (χ2v) is 13.1. The Morgan fingerprint density at radius 3 is 2.76 bits per heavy atom. The van der Waals surface area contributed by atoms with Crippen molar-refractivity contribution < 1.29 is 33.8 Å². The number of hydrogen-bond acceptors (Lipinski definition) is 9. The summed E-state index contributed by atoms with van der Waals surface area (Å²) in [5, 5.41) is 21.3. The van der Waals surface area contributed by atoms with Gasteiger partial charge in [0.05, 0.1) is 42.6 Å². The minimum atomic E-state index is -1.34. The van der Waals surface area contributed by atoms with Gasteiger partial charge in [-0.1, -0.05) is 45.4 Å². The molecule has 0 aliphatic carbocycles. The number of aromatic nitrogens is 3. The molecule has 3 aliphatic heterocycles. The Balaban J connectivity index is 1.42. The molecule has 1 aromatic carbocycles. The van der Waals surface area contributed by atoms with E-state index >= 15 is 0 Å². The van der Waals surface area contributed by atoms with Gasteiger partial charge in [0.1, 0.15) is 29.9 Å². The van der Waals surface area contributed by atoms with Crippen molar-refractivity contribution >= 4 is 50.7 Å². The van der Waals surface area contributed by atoms with E-state index in [2.05, 4.69) is 44.7 Å². The lowest BCUT2D eigenvalue weighted by Gasteiger charge is -2.38. The Kier molecular flexibility index (Phi) is 9.75. The topological polar surface area (TPSA) is 156 Å². The highest BCUT2D eigenvalue weighted by molar-refractivity contribution is 9.09. The molecule has 3 aliphatic rings. The van der Waals surface area contributed by atoms with Crippen molar-refractivity contribution in [2.45, 2.75) is 74.5 Å². The van der Waals surface area contributed by atoms with Crippen LogP contribution in [0.1, 0.15) is 33.1 Å². The van der Waals surface area contributed by atoms with E-state index in [9.17, 15) is 24.3 Å². The molecule has 14 heteroatoms. The molecule has 2 aromatic rings. The molecule has 5 rings (SSSR count). The van der Waals surface area contributed by atoms with Gasteiger partial charge in [-0.3, -0.25) is 19.2 Å². The summed E-state index contributed by atoms with van der Waals surface area (Å²) in [6.07, 6.45) is 2.95. The number of carbonyl (C=O) groups excluding carboxylic acids is 4. The number of benzene rings is 1. The number of aliphatic hydroxyl groups excluding tert-OH is 1. The van der Waals surface area contributed by atoms with Crippen molar-refractivity contribution in [1.82, 2.24) is 30.1 Å². The Morgan fingerprint density at radius 1 is 1.29 bits per heavy atom. The Labute approximate surface area is 269 Å². The van der Waals surface area contributed by atoms with Crippen LogP contribution in [0.25, 0.3) is 11.0 Å². The number of aliphatic hydroxyl groups is 1. The summed E-state index contributed by atoms with van der Waals surface area (Å²) in [6, 6.07) is 5.50. The summed E-state index contributed by atoms with van der Waals surface area (Å²) in [4.78, 5) is 57.1. The molecule has 1 unspecified atom stereocenters. The van der Waals surface area contributed by atoms with Crippen LogP contribution >= 0.6 is 15.9 Å². The number of carbonyl (C=O) groups is 4. The molecule has 4 heterocycles. The van der Waals surface area contributed by atoms with Gasteiger partial charge in [0.25, 0.3) is 0 Å². The van der Waals surface area contributed by atoms with Gasteiger partial charge in [-0.25, -0.2) is 4.68 Å². The van der Waals surface area contributed by atoms with Crippen molar-refractivity contribution in [2.24, 2.45) is 11.8 Å². The maximum absolute atomic E-state index is 14.6. The van der Waals surface area contributed by atoms with E-state index in [1.54, 1.807) is 30.7 Å². The largest absolute Gasteiger partial charge is 0.460 e. The van der Waals surface area contributed by atoms with Gasteiger partial charge >= 0.3 is 5.97 Å². The summed E-state index contributed by atoms with van der Waals surface area (Å²) in [5.74, 6) is -3.69. The third kappa shape index (κ3) is 5.90. The third-order valence-corrected chi connectivity index (χ3v) is 9.68. The van der Waals surface area contributed by atoms with E-state index in [4.69, 9.17) is 9.47 Å². The molecule has 2 bridgehead atoms. The lowest BCUT2D eigenvalue weighted by molar-refractivity contribution is -0.160. The average Bonchev–Trinajstić information content (AvgIpc) is 3.75. The highest BCUT2D eigenvalue weighted by Crippen LogP contribution is 2.60. The second kappa shape index (κ2) is 13.4. The molecule has 0 saturated carbocycles. The first kappa shape index (κ1) is 32.8. The molecule has 0 radical (unpaired) electrons. The number of rotatable bonds is 14. The van der Waals surface area contributed by atoms with Crippen molar-refractivity contribution in [1.29, 1.82) is 0 Å². The predicted molar refractivity (Wildman–Crippen MR) is 167 cm³/mol. The number of halogens is 1. The number of nitrogens with zero attached hydrogens (tertiary/aromatic N) is 5. The maximum atomic E-state index is 14.6. The number of alkyl halides is 1. The molecule has 13 nitrogen and oxygen atoms in total. The van der Waals surface area contributed by atoms with E-state index in [0.717, 1.165) is 5.52 Å². The normalized spacial score (nSPS) is 28.0. The number of likely N-dealkylation sites (tertiary alicyclic amines) is 1. The first-order valence-corrected chi connectivity index (χ1v) is 16.0. The van der Waals surface area contributed by atoms with Gasteiger partial charge in [-0.2, -0.15) is 0 Å². The minimum Gasteiger partial charge on any atom is -0.460 e. The zero-order chi connectivity index (χ0) is 32.5. The van der Waals surface area contributed by atoms with Crippen molar-refractivity contribution in [3.8, 4) is 0 Å². The van der Waals surface area contributed by atoms with E-state index < -0.39 is 66.1 Å². The third-order valence-electron chi connectivity index (χ3n) is 8.84. The van der Waals surface area contributed by atoms with Crippen LogP contribution in [0, 0.1) is 11.8 Å². The molecule has 2 N–H and O–H groups in total. The smallest absolute Gasteiger partial charge is 0.312 e. The van der Waals surface area contributed by atoms with Crippen LogP contribution in [0.2, 0.25) is 0 Å². The maximum Gasteiger partial charge on any atom is 0.312 e. The van der Waals surface area contributed by atoms with Gasteiger partial charge in [-0.15, -0.1) is 18.3 Å². The van der Waals surface area contributed by atoms with E-state index in [0.29, 0.717) is 18.4 Å². The molecule has 242 valence electrons. The number of hydrogen-bond donors (Lipinski definition) is 2. The molecule has 1 spiro atoms. The van der Waals surface area contributed by atoms with Gasteiger partial charge in [0.15, 0.2) is 0 Å². The van der Waals surface area contributed by atoms with Crippen LogP contribution in [-0.2, 0) is 35.3 Å². The molecule has 45 heavy (non-hydrogen) atoms. The zero-order valence-electron chi connectivity index (χ0n) is 25.4. The lowest BCUT2D eigenvalue weighted by atomic mass is 9.70. The van der Waals surface area contributed by atoms with Gasteiger partial charge in [0.2, 0.25) is 17.7 Å². The van der Waals surface area contributed by atoms with Crippen LogP contribution in [0.15, 0.2) is 49.6 Å². The first-order chi connectivity index (χ1) is 21.6. The number of ether oxygens (including phenoxy) is 2. The highest BCUT2D eigenvalue weighted by atomic mass is 79.9. The summed E-state index contributed by atoms with van der Waals surface area (Å²) >= 11 is 3.65. The zero-order valence-corrected chi connectivity index (χ0v) is 27.0. The molecule has 1 aromatic heterocycles. The van der Waals surface area contributed by atoms with Gasteiger partial charge < -0.3 is 29.7 Å².